The molecule has 2 aromatic heterocycles. The summed E-state index contributed by atoms with van der Waals surface area (Å²) in [6.45, 7) is 7.60. The van der Waals surface area contributed by atoms with Crippen molar-refractivity contribution in [3.8, 4) is 5.75 Å². The van der Waals surface area contributed by atoms with Crippen LogP contribution in [0.5, 0.6) is 5.75 Å². The van der Waals surface area contributed by atoms with Gasteiger partial charge >= 0.3 is 12.2 Å². The van der Waals surface area contributed by atoms with Crippen molar-refractivity contribution < 1.29 is 28.6 Å². The fourth-order valence-corrected chi connectivity index (χ4v) is 3.75. The Labute approximate surface area is 209 Å². The van der Waals surface area contributed by atoms with E-state index in [-0.39, 0.29) is 29.5 Å². The Morgan fingerprint density at radius 1 is 1.28 bits per heavy atom. The van der Waals surface area contributed by atoms with Gasteiger partial charge in [-0.2, -0.15) is 0 Å². The minimum atomic E-state index is -1.02. The Morgan fingerprint density at radius 3 is 2.64 bits per heavy atom. The highest BCUT2D eigenvalue weighted by molar-refractivity contribution is 5.88. The van der Waals surface area contributed by atoms with E-state index in [2.05, 4.69) is 15.3 Å². The second kappa shape index (κ2) is 10.8. The second-order valence-electron chi connectivity index (χ2n) is 9.44. The standard InChI is InChI=1S/C25H32FN5O5/c1-15-12-17(30(5)24(34)36-25(2,3)4)13-19(28-15)29-22-21(26)20(18(35-6)14-27-22)16-8-7-10-31(11-9-16)23(32)33/h9,12-14H,7-8,10-11H2,1-6H3,(H,32,33)(H,27,28,29). The Hall–Kier alpha value is -3.89. The number of hydrogen-bond donors (Lipinski definition) is 2. The van der Waals surface area contributed by atoms with Crippen molar-refractivity contribution in [1.82, 2.24) is 14.9 Å². The second-order valence-corrected chi connectivity index (χ2v) is 9.44. The molecule has 0 aliphatic carbocycles. The highest BCUT2D eigenvalue weighted by Gasteiger charge is 2.24. The van der Waals surface area contributed by atoms with Crippen LogP contribution in [0.15, 0.2) is 24.4 Å². The molecule has 11 heteroatoms. The monoisotopic (exact) mass is 501 g/mol. The molecular formula is C25H32FN5O5. The minimum Gasteiger partial charge on any atom is -0.494 e. The van der Waals surface area contributed by atoms with Gasteiger partial charge in [0, 0.05) is 31.9 Å². The molecule has 0 spiro atoms. The summed E-state index contributed by atoms with van der Waals surface area (Å²) in [5, 5.41) is 12.2. The highest BCUT2D eigenvalue weighted by atomic mass is 19.1. The zero-order valence-electron chi connectivity index (χ0n) is 21.4. The zero-order chi connectivity index (χ0) is 26.6. The summed E-state index contributed by atoms with van der Waals surface area (Å²) in [7, 11) is 3.00. The molecule has 0 atom stereocenters. The molecule has 3 rings (SSSR count). The Balaban J connectivity index is 1.93. The number of anilines is 3. The molecule has 1 aliphatic heterocycles. The predicted molar refractivity (Wildman–Crippen MR) is 134 cm³/mol. The summed E-state index contributed by atoms with van der Waals surface area (Å²) in [6, 6.07) is 3.31. The number of nitrogens with one attached hydrogen (secondary N) is 1. The van der Waals surface area contributed by atoms with Crippen LogP contribution in [-0.4, -0.2) is 65.0 Å². The van der Waals surface area contributed by atoms with Gasteiger partial charge in [0.25, 0.3) is 0 Å². The molecule has 0 saturated heterocycles. The minimum absolute atomic E-state index is 0.0741. The van der Waals surface area contributed by atoms with Crippen molar-refractivity contribution >= 4 is 35.1 Å². The molecule has 2 aromatic rings. The van der Waals surface area contributed by atoms with Crippen LogP contribution in [0, 0.1) is 12.7 Å². The van der Waals surface area contributed by atoms with Crippen molar-refractivity contribution in [3.63, 3.8) is 0 Å². The topological polar surface area (TPSA) is 117 Å². The maximum absolute atomic E-state index is 15.8. The Bertz CT molecular complexity index is 1180. The van der Waals surface area contributed by atoms with Crippen LogP contribution in [-0.2, 0) is 4.74 Å². The molecule has 10 nitrogen and oxygen atoms in total. The Morgan fingerprint density at radius 2 is 2.00 bits per heavy atom. The van der Waals surface area contributed by atoms with Gasteiger partial charge in [-0.25, -0.2) is 23.9 Å². The van der Waals surface area contributed by atoms with E-state index in [1.165, 1.54) is 23.1 Å². The van der Waals surface area contributed by atoms with E-state index in [0.29, 0.717) is 36.3 Å². The summed E-state index contributed by atoms with van der Waals surface area (Å²) in [5.41, 5.74) is 1.31. The van der Waals surface area contributed by atoms with Crippen LogP contribution in [0.4, 0.5) is 31.3 Å². The smallest absolute Gasteiger partial charge is 0.414 e. The number of halogens is 1. The van der Waals surface area contributed by atoms with E-state index >= 15 is 4.39 Å². The van der Waals surface area contributed by atoms with E-state index in [1.807, 2.05) is 0 Å². The summed E-state index contributed by atoms with van der Waals surface area (Å²) < 4.78 is 26.6. The Kier molecular flexibility index (Phi) is 8.01. The van der Waals surface area contributed by atoms with Crippen LogP contribution >= 0.6 is 0 Å². The van der Waals surface area contributed by atoms with Gasteiger partial charge in [0.2, 0.25) is 0 Å². The number of aromatic nitrogens is 2. The predicted octanol–water partition coefficient (Wildman–Crippen LogP) is 5.20. The third kappa shape index (κ3) is 6.41. The first-order valence-electron chi connectivity index (χ1n) is 11.5. The molecule has 0 fully saturated rings. The molecule has 0 radical (unpaired) electrons. The van der Waals surface area contributed by atoms with Crippen molar-refractivity contribution in [2.24, 2.45) is 0 Å². The quantitative estimate of drug-likeness (QED) is 0.574. The van der Waals surface area contributed by atoms with Gasteiger partial charge in [0.15, 0.2) is 11.6 Å². The van der Waals surface area contributed by atoms with Crippen LogP contribution in [0.3, 0.4) is 0 Å². The van der Waals surface area contributed by atoms with E-state index in [1.54, 1.807) is 53.0 Å². The van der Waals surface area contributed by atoms with Crippen molar-refractivity contribution in [1.29, 1.82) is 0 Å². The first kappa shape index (κ1) is 26.7. The van der Waals surface area contributed by atoms with Gasteiger partial charge in [-0.15, -0.1) is 0 Å². The zero-order valence-corrected chi connectivity index (χ0v) is 21.4. The lowest BCUT2D eigenvalue weighted by atomic mass is 10.0. The molecule has 36 heavy (non-hydrogen) atoms. The number of carbonyl (C=O) groups excluding carboxylic acids is 1. The number of hydrogen-bond acceptors (Lipinski definition) is 7. The molecule has 0 saturated carbocycles. The third-order valence-electron chi connectivity index (χ3n) is 5.47. The number of ether oxygens (including phenoxy) is 2. The van der Waals surface area contributed by atoms with E-state index < -0.39 is 23.6 Å². The summed E-state index contributed by atoms with van der Waals surface area (Å²) in [6.07, 6.45) is 2.58. The lowest BCUT2D eigenvalue weighted by Gasteiger charge is -2.25. The number of nitrogens with zero attached hydrogens (tertiary/aromatic N) is 4. The molecule has 0 bridgehead atoms. The summed E-state index contributed by atoms with van der Waals surface area (Å²) in [4.78, 5) is 35.0. The maximum atomic E-state index is 15.8. The first-order chi connectivity index (χ1) is 16.9. The summed E-state index contributed by atoms with van der Waals surface area (Å²) >= 11 is 0. The van der Waals surface area contributed by atoms with Crippen LogP contribution in [0.2, 0.25) is 0 Å². The molecule has 194 valence electrons. The fourth-order valence-electron chi connectivity index (χ4n) is 3.75. The lowest BCUT2D eigenvalue weighted by Crippen LogP contribution is -2.34. The van der Waals surface area contributed by atoms with Gasteiger partial charge in [-0.1, -0.05) is 6.08 Å². The molecule has 3 heterocycles. The van der Waals surface area contributed by atoms with E-state index in [4.69, 9.17) is 9.47 Å². The number of methoxy groups -OCH3 is 1. The first-order valence-corrected chi connectivity index (χ1v) is 11.5. The maximum Gasteiger partial charge on any atom is 0.414 e. The van der Waals surface area contributed by atoms with Gasteiger partial charge in [0.1, 0.15) is 17.2 Å². The molecule has 0 aromatic carbocycles. The van der Waals surface area contributed by atoms with Crippen LogP contribution in [0.1, 0.15) is 44.9 Å². The molecule has 2 amide bonds. The number of carbonyl (C=O) groups is 2. The molecule has 2 N–H and O–H groups in total. The normalized spacial score (nSPS) is 14.0. The average molecular weight is 502 g/mol. The highest BCUT2D eigenvalue weighted by Crippen LogP contribution is 2.36. The largest absolute Gasteiger partial charge is 0.494 e. The molecule has 1 aliphatic rings. The number of allylic oxidation sites excluding steroid dienone is 1. The lowest BCUT2D eigenvalue weighted by molar-refractivity contribution is 0.0589. The van der Waals surface area contributed by atoms with Crippen molar-refractivity contribution in [2.75, 3.05) is 37.5 Å². The third-order valence-corrected chi connectivity index (χ3v) is 5.47. The fraction of sp³-hybridized carbons (Fsp3) is 0.440. The van der Waals surface area contributed by atoms with Crippen molar-refractivity contribution in [3.05, 3.63) is 41.5 Å². The van der Waals surface area contributed by atoms with E-state index in [0.717, 1.165) is 0 Å². The number of pyridine rings is 2. The van der Waals surface area contributed by atoms with Crippen LogP contribution < -0.4 is 15.0 Å². The van der Waals surface area contributed by atoms with E-state index in [9.17, 15) is 14.7 Å². The number of aryl methyl sites for hydroxylation is 1. The van der Waals surface area contributed by atoms with Gasteiger partial charge in [-0.3, -0.25) is 4.90 Å². The summed E-state index contributed by atoms with van der Waals surface area (Å²) in [5.74, 6) is -0.185. The number of carboxylic acid groups (broad SMARTS) is 1. The van der Waals surface area contributed by atoms with Gasteiger partial charge < -0.3 is 24.8 Å². The van der Waals surface area contributed by atoms with Gasteiger partial charge in [-0.05, 0) is 52.2 Å². The number of amides is 2. The van der Waals surface area contributed by atoms with Gasteiger partial charge in [0.05, 0.1) is 24.6 Å². The SMILES string of the molecule is COc1cnc(Nc2cc(N(C)C(=O)OC(C)(C)C)cc(C)n2)c(F)c1C1=CCN(C(=O)O)CCC1. The van der Waals surface area contributed by atoms with Crippen LogP contribution in [0.25, 0.3) is 5.57 Å². The average Bonchev–Trinajstić information content (AvgIpc) is 3.04. The number of rotatable bonds is 5. The molecule has 0 unspecified atom stereocenters. The van der Waals surface area contributed by atoms with Crippen molar-refractivity contribution in [2.45, 2.75) is 46.1 Å². The molecular weight excluding hydrogens is 469 g/mol.